The third-order valence-corrected chi connectivity index (χ3v) is 34.7. The molecule has 9 heterocycles. The Balaban J connectivity index is 0.630. The molecule has 21 aromatic carbocycles. The fraction of sp³-hybridized carbons (Fsp3) is 0. The molecule has 0 aliphatic heterocycles. The van der Waals surface area contributed by atoms with E-state index in [1.165, 1.54) is 107 Å². The van der Waals surface area contributed by atoms with E-state index < -0.39 is 8.07 Å². The summed E-state index contributed by atoms with van der Waals surface area (Å²) in [5.74, 6) is 0. The minimum Gasteiger partial charge on any atom is -0.309 e. The number of hydrogen-bond donors (Lipinski definition) is 0. The van der Waals surface area contributed by atoms with Crippen molar-refractivity contribution >= 4 is 226 Å². The molecule has 30 aromatic rings. The monoisotopic (exact) mass is 1750 g/mol. The summed E-state index contributed by atoms with van der Waals surface area (Å²) in [4.78, 5) is 0. The number of fused-ring (bicyclic) bond motifs is 27. The second-order valence-corrected chi connectivity index (χ2v) is 40.4. The summed E-state index contributed by atoms with van der Waals surface area (Å²) in [6.07, 6.45) is 0. The number of benzene rings is 21. The lowest BCUT2D eigenvalue weighted by Gasteiger charge is -2.34. The zero-order chi connectivity index (χ0) is 88.7. The highest BCUT2D eigenvalue weighted by molar-refractivity contribution is 7.20. The Morgan fingerprint density at radius 1 is 0.118 bits per heavy atom. The van der Waals surface area contributed by atoms with E-state index in [2.05, 4.69) is 520 Å². The second kappa shape index (κ2) is 28.5. The van der Waals surface area contributed by atoms with Crippen molar-refractivity contribution < 1.29 is 0 Å². The molecule has 0 unspecified atom stereocenters. The highest BCUT2D eigenvalue weighted by Crippen LogP contribution is 2.47. The number of hydrogen-bond acceptors (Lipinski definition) is 0. The van der Waals surface area contributed by atoms with Crippen molar-refractivity contribution in [2.24, 2.45) is 0 Å². The van der Waals surface area contributed by atoms with Gasteiger partial charge in [-0.1, -0.05) is 303 Å². The molecule has 0 fully saturated rings. The fourth-order valence-electron chi connectivity index (χ4n) is 24.3. The maximum Gasteiger partial charge on any atom is 0.179 e. The molecular weight excluding hydrogens is 1670 g/mol. The third-order valence-electron chi connectivity index (χ3n) is 29.9. The molecule has 9 aromatic heterocycles. The molecule has 0 radical (unpaired) electrons. The van der Waals surface area contributed by atoms with E-state index in [1.807, 2.05) is 0 Å². The largest absolute Gasteiger partial charge is 0.309 e. The van der Waals surface area contributed by atoms with Gasteiger partial charge in [-0.2, -0.15) is 0 Å². The fourth-order valence-corrected chi connectivity index (χ4v) is 29.1. The number of aromatic nitrogens is 9. The van der Waals surface area contributed by atoms with Crippen molar-refractivity contribution in [3.63, 3.8) is 0 Å². The van der Waals surface area contributed by atoms with Gasteiger partial charge in [-0.15, -0.1) is 0 Å². The molecule has 0 spiro atoms. The first-order valence-corrected chi connectivity index (χ1v) is 49.0. The number of nitrogens with zero attached hydrogens (tertiary/aromatic N) is 9. The first-order chi connectivity index (χ1) is 67.5. The van der Waals surface area contributed by atoms with E-state index in [0.29, 0.717) is 0 Å². The summed E-state index contributed by atoms with van der Waals surface area (Å²) < 4.78 is 22.7. The zero-order valence-electron chi connectivity index (χ0n) is 73.6. The molecule has 0 N–H and O–H groups in total. The highest BCUT2D eigenvalue weighted by atomic mass is 28.3. The van der Waals surface area contributed by atoms with Gasteiger partial charge in [0.1, 0.15) is 0 Å². The van der Waals surface area contributed by atoms with Crippen LogP contribution >= 0.6 is 0 Å². The van der Waals surface area contributed by atoms with E-state index in [4.69, 9.17) is 0 Å². The van der Waals surface area contributed by atoms with E-state index >= 15 is 0 Å². The highest BCUT2D eigenvalue weighted by Gasteiger charge is 2.42. The Kier molecular flexibility index (Phi) is 15.7. The van der Waals surface area contributed by atoms with Gasteiger partial charge in [0, 0.05) is 104 Å². The number of rotatable bonds is 10. The molecule has 0 saturated carbocycles. The maximum atomic E-state index is 2.59. The lowest BCUT2D eigenvalue weighted by molar-refractivity contribution is 1.13. The van der Waals surface area contributed by atoms with Gasteiger partial charge in [-0.3, -0.25) is 0 Å². The average molecular weight is 1750 g/mol. The Morgan fingerprint density at radius 2 is 0.353 bits per heavy atom. The van der Waals surface area contributed by atoms with Gasteiger partial charge in [-0.25, -0.2) is 0 Å². The molecule has 9 nitrogen and oxygen atoms in total. The maximum absolute atomic E-state index is 2.89. The standard InChI is InChI=1S/C126H79N9Si/c1-4-30-87(31-5-1)136(88-32-6-2-7-33-88,89-34-8-3-9-35-89)90-70-66-84(67-71-90)129-115-53-23-25-55-117(115)135-122-77-81(60-72-97(122)99-43-27-58-120(124(99)135)133-110-51-21-14-40-95(110)98-42-26-56-118(129)123(98)133)80-61-73-111-102(76-80)96-41-15-20-50-109(96)131(111)86-69-75-113-104(79-86)100-44-28-57-119-125(100)134(113)121-59-29-45-101-103-78-85(130-107-48-18-12-38-93(107)94-39-13-19-49-108(94)130)68-74-112(103)132(126(101)121)116-54-24-22-52-114(116)128(119)83-64-62-82(63-65-83)127-105-46-16-10-36-91(105)92-37-11-17-47-106(92)127/h1-79H. The van der Waals surface area contributed by atoms with Gasteiger partial charge in [0.2, 0.25) is 0 Å². The minimum atomic E-state index is -2.89. The molecule has 0 aliphatic carbocycles. The average Bonchev–Trinajstić information content (AvgIpc) is 1.52. The van der Waals surface area contributed by atoms with E-state index in [9.17, 15) is 0 Å². The van der Waals surface area contributed by atoms with Crippen molar-refractivity contribution in [2.75, 3.05) is 0 Å². The molecule has 632 valence electrons. The first-order valence-electron chi connectivity index (χ1n) is 47.0. The summed E-state index contributed by atoms with van der Waals surface area (Å²) in [6.45, 7) is 0. The minimum absolute atomic E-state index is 1.04. The van der Waals surface area contributed by atoms with Gasteiger partial charge in [0.25, 0.3) is 0 Å². The topological polar surface area (TPSA) is 42.3 Å². The molecule has 0 saturated heterocycles. The van der Waals surface area contributed by atoms with E-state index in [1.54, 1.807) is 0 Å². The Hall–Kier alpha value is -18.0. The Labute approximate surface area is 779 Å². The van der Waals surface area contributed by atoms with Crippen LogP contribution in [0.3, 0.4) is 0 Å². The Morgan fingerprint density at radius 3 is 0.779 bits per heavy atom. The first kappa shape index (κ1) is 74.8. The predicted molar refractivity (Wildman–Crippen MR) is 574 cm³/mol. The van der Waals surface area contributed by atoms with Crippen LogP contribution in [0.4, 0.5) is 0 Å². The Bertz CT molecular complexity index is 10200. The van der Waals surface area contributed by atoms with Crippen LogP contribution in [0.1, 0.15) is 0 Å². The SMILES string of the molecule is c1ccc([Si](c2ccccc2)(c2ccccc2)c2ccc(-n3c4ccccc4n4c5cc(-c6ccc7c(c6)c6ccccc6n7-c6ccc7c(c6)c6cccc8c6n7c6cccc7c9cc(-n%10c%11ccccc%11c%11ccccc%11%10)ccc9n(c9ccccc9n8-c8ccc(-n9c%10ccccc%10c%10ccccc%109)cc8)c76)ccc5c5cccc(c54)n4c5ccccc5c5cccc3c54)cc2)cc1. The summed E-state index contributed by atoms with van der Waals surface area (Å²) in [6, 6.07) is 181. The van der Waals surface area contributed by atoms with Crippen LogP contribution in [0.25, 0.3) is 236 Å². The van der Waals surface area contributed by atoms with Crippen molar-refractivity contribution in [1.29, 1.82) is 0 Å². The smallest absolute Gasteiger partial charge is 0.179 e. The van der Waals surface area contributed by atoms with E-state index in [-0.39, 0.29) is 0 Å². The summed E-state index contributed by atoms with van der Waals surface area (Å²) in [5.41, 5.74) is 32.4. The predicted octanol–water partition coefficient (Wildman–Crippen LogP) is 29.3. The molecule has 0 bridgehead atoms. The van der Waals surface area contributed by atoms with Gasteiger partial charge < -0.3 is 40.4 Å². The molecule has 0 aliphatic rings. The lowest BCUT2D eigenvalue weighted by Crippen LogP contribution is -2.74. The van der Waals surface area contributed by atoms with Crippen molar-refractivity contribution in [3.8, 4) is 39.6 Å². The lowest BCUT2D eigenvalue weighted by atomic mass is 10.0. The van der Waals surface area contributed by atoms with Crippen LogP contribution in [0.15, 0.2) is 479 Å². The van der Waals surface area contributed by atoms with Crippen LogP contribution in [0, 0.1) is 0 Å². The van der Waals surface area contributed by atoms with Gasteiger partial charge >= 0.3 is 0 Å². The van der Waals surface area contributed by atoms with E-state index in [0.717, 1.165) is 150 Å². The zero-order valence-corrected chi connectivity index (χ0v) is 74.6. The quantitative estimate of drug-likeness (QED) is 0.0967. The van der Waals surface area contributed by atoms with Gasteiger partial charge in [0.15, 0.2) is 8.07 Å². The second-order valence-electron chi connectivity index (χ2n) is 36.6. The molecular formula is C126H79N9Si. The summed E-state index contributed by atoms with van der Waals surface area (Å²) in [7, 11) is -2.89. The molecule has 136 heavy (non-hydrogen) atoms. The summed E-state index contributed by atoms with van der Waals surface area (Å²) >= 11 is 0. The summed E-state index contributed by atoms with van der Waals surface area (Å²) in [5, 5.41) is 22.1. The van der Waals surface area contributed by atoms with Crippen LogP contribution in [0.2, 0.25) is 0 Å². The van der Waals surface area contributed by atoms with Crippen molar-refractivity contribution in [2.45, 2.75) is 0 Å². The van der Waals surface area contributed by atoms with Crippen LogP contribution in [-0.2, 0) is 0 Å². The van der Waals surface area contributed by atoms with Gasteiger partial charge in [-0.05, 0) is 208 Å². The number of para-hydroxylation sites is 14. The van der Waals surface area contributed by atoms with Gasteiger partial charge in [0.05, 0.1) is 121 Å². The van der Waals surface area contributed by atoms with Crippen LogP contribution in [-0.4, -0.2) is 48.5 Å². The third kappa shape index (κ3) is 10.3. The molecule has 0 amide bonds. The van der Waals surface area contributed by atoms with Crippen LogP contribution < -0.4 is 20.7 Å². The van der Waals surface area contributed by atoms with Crippen LogP contribution in [0.5, 0.6) is 0 Å². The normalized spacial score (nSPS) is 12.4. The molecule has 0 atom stereocenters. The van der Waals surface area contributed by atoms with Crippen molar-refractivity contribution in [1.82, 2.24) is 40.4 Å². The molecule has 10 heteroatoms. The molecule has 30 rings (SSSR count). The van der Waals surface area contributed by atoms with Crippen molar-refractivity contribution in [3.05, 3.63) is 479 Å².